The molecule has 2 aliphatic heterocycles. The summed E-state index contributed by atoms with van der Waals surface area (Å²) in [6, 6.07) is 11.9. The number of aliphatic imine (C=N–C) groups is 1. The molecule has 4 amide bonds. The number of Topliss-reactive ketones (excluding diaryl/α,β-unsaturated/α-hetero) is 1. The Morgan fingerprint density at radius 1 is 1.12 bits per heavy atom. The van der Waals surface area contributed by atoms with Crippen molar-refractivity contribution in [1.29, 1.82) is 0 Å². The maximum absolute atomic E-state index is 14.4. The molecule has 0 aliphatic carbocycles. The Hall–Kier alpha value is -4.71. The minimum atomic E-state index is -0.748. The Balaban J connectivity index is 1.69. The molecule has 12 nitrogen and oxygen atoms in total. The zero-order valence-corrected chi connectivity index (χ0v) is 24.7. The lowest BCUT2D eigenvalue weighted by molar-refractivity contribution is -0.123. The number of aromatic amines is 1. The van der Waals surface area contributed by atoms with Gasteiger partial charge in [0.15, 0.2) is 5.78 Å². The molecule has 0 unspecified atom stereocenters. The van der Waals surface area contributed by atoms with E-state index >= 15 is 0 Å². The zero-order chi connectivity index (χ0) is 30.9. The number of piperazine rings is 1. The smallest absolute Gasteiger partial charge is 0.326 e. The highest BCUT2D eigenvalue weighted by atomic mass is 35.5. The molecule has 2 aromatic carbocycles. The number of ether oxygens (including phenoxy) is 1. The SMILES string of the molecule is CC(C)(C)Oc1cc(C(=O)CC(N)=O)ccc1C1=N[C@@H](c2cc[nH]n2)[C@@H](c2ccc(Cl)cc2)N1C(=O)N1CCNC(=O)C1. The molecule has 0 saturated carbocycles. The second kappa shape index (κ2) is 11.9. The number of hydrogen-bond donors (Lipinski definition) is 3. The van der Waals surface area contributed by atoms with Crippen molar-refractivity contribution in [2.45, 2.75) is 44.9 Å². The van der Waals surface area contributed by atoms with Crippen LogP contribution in [0.4, 0.5) is 4.79 Å². The van der Waals surface area contributed by atoms with Crippen LogP contribution in [0, 0.1) is 0 Å². The molecule has 1 saturated heterocycles. The Labute approximate surface area is 253 Å². The normalized spacial score (nSPS) is 18.7. The predicted octanol–water partition coefficient (Wildman–Crippen LogP) is 3.40. The molecule has 1 aromatic heterocycles. The van der Waals surface area contributed by atoms with Crippen LogP contribution in [0.2, 0.25) is 5.02 Å². The van der Waals surface area contributed by atoms with E-state index in [0.717, 1.165) is 5.56 Å². The molecule has 5 rings (SSSR count). The third-order valence-electron chi connectivity index (χ3n) is 6.91. The van der Waals surface area contributed by atoms with Crippen LogP contribution in [0.3, 0.4) is 0 Å². The number of H-pyrrole nitrogens is 1. The zero-order valence-electron chi connectivity index (χ0n) is 24.0. The topological polar surface area (TPSA) is 163 Å². The van der Waals surface area contributed by atoms with Crippen LogP contribution in [-0.2, 0) is 9.59 Å². The molecular weight excluding hydrogens is 574 g/mol. The molecule has 13 heteroatoms. The average molecular weight is 606 g/mol. The first kappa shape index (κ1) is 29.8. The van der Waals surface area contributed by atoms with Gasteiger partial charge in [-0.25, -0.2) is 4.79 Å². The van der Waals surface area contributed by atoms with E-state index in [1.165, 1.54) is 11.0 Å². The van der Waals surface area contributed by atoms with Crippen molar-refractivity contribution in [3.8, 4) is 5.75 Å². The molecule has 3 heterocycles. The van der Waals surface area contributed by atoms with Crippen molar-refractivity contribution in [2.24, 2.45) is 10.7 Å². The largest absolute Gasteiger partial charge is 0.487 e. The van der Waals surface area contributed by atoms with Gasteiger partial charge in [-0.3, -0.25) is 29.4 Å². The summed E-state index contributed by atoms with van der Waals surface area (Å²) in [5.41, 5.74) is 6.58. The van der Waals surface area contributed by atoms with Crippen LogP contribution in [0.25, 0.3) is 0 Å². The second-order valence-electron chi connectivity index (χ2n) is 11.3. The van der Waals surface area contributed by atoms with Crippen LogP contribution in [0.5, 0.6) is 5.75 Å². The summed E-state index contributed by atoms with van der Waals surface area (Å²) < 4.78 is 6.31. The van der Waals surface area contributed by atoms with Gasteiger partial charge < -0.3 is 20.7 Å². The summed E-state index contributed by atoms with van der Waals surface area (Å²) in [4.78, 5) is 59.0. The molecule has 0 spiro atoms. The van der Waals surface area contributed by atoms with E-state index in [4.69, 9.17) is 27.1 Å². The van der Waals surface area contributed by atoms with Gasteiger partial charge in [0.1, 0.15) is 29.8 Å². The van der Waals surface area contributed by atoms with Crippen LogP contribution < -0.4 is 15.8 Å². The highest BCUT2D eigenvalue weighted by Gasteiger charge is 2.46. The number of nitrogens with one attached hydrogen (secondary N) is 2. The van der Waals surface area contributed by atoms with E-state index in [2.05, 4.69) is 15.5 Å². The third-order valence-corrected chi connectivity index (χ3v) is 7.17. The number of hydrogen-bond acceptors (Lipinski definition) is 7. The van der Waals surface area contributed by atoms with Gasteiger partial charge in [0.25, 0.3) is 0 Å². The van der Waals surface area contributed by atoms with E-state index in [-0.39, 0.29) is 29.6 Å². The maximum Gasteiger partial charge on any atom is 0.326 e. The Morgan fingerprint density at radius 3 is 2.49 bits per heavy atom. The van der Waals surface area contributed by atoms with Crippen molar-refractivity contribution >= 4 is 41.1 Å². The van der Waals surface area contributed by atoms with Crippen LogP contribution >= 0.6 is 11.6 Å². The van der Waals surface area contributed by atoms with Crippen molar-refractivity contribution in [3.05, 3.63) is 82.1 Å². The number of urea groups is 1. The minimum absolute atomic E-state index is 0.116. The van der Waals surface area contributed by atoms with E-state index in [9.17, 15) is 19.2 Å². The standard InChI is InChI=1S/C30H32ClN7O5/c1-30(2,3)43-23-14-18(22(39)15-24(32)40)6-9-20(23)28-35-26(21-10-11-34-36-21)27(17-4-7-19(31)8-5-17)38(28)29(42)37-13-12-33-25(41)16-37/h4-11,14,26-27H,12-13,15-16H2,1-3H3,(H2,32,40)(H,33,41)(H,34,36)/t26-,27+/m0/s1. The van der Waals surface area contributed by atoms with Gasteiger partial charge in [0.05, 0.1) is 23.7 Å². The number of ketones is 1. The first-order valence-corrected chi connectivity index (χ1v) is 14.1. The summed E-state index contributed by atoms with van der Waals surface area (Å²) in [5.74, 6) is -0.918. The average Bonchev–Trinajstić information content (AvgIpc) is 3.60. The highest BCUT2D eigenvalue weighted by molar-refractivity contribution is 6.30. The lowest BCUT2D eigenvalue weighted by Crippen LogP contribution is -2.55. The third kappa shape index (κ3) is 6.54. The molecule has 2 atom stereocenters. The van der Waals surface area contributed by atoms with Gasteiger partial charge in [0, 0.05) is 29.9 Å². The quantitative estimate of drug-likeness (QED) is 0.276. The molecule has 3 aromatic rings. The summed E-state index contributed by atoms with van der Waals surface area (Å²) in [6.07, 6.45) is 1.22. The van der Waals surface area contributed by atoms with Crippen molar-refractivity contribution < 1.29 is 23.9 Å². The highest BCUT2D eigenvalue weighted by Crippen LogP contribution is 2.45. The van der Waals surface area contributed by atoms with Crippen LogP contribution in [0.15, 0.2) is 59.7 Å². The monoisotopic (exact) mass is 605 g/mol. The molecule has 0 radical (unpaired) electrons. The number of aromatic nitrogens is 2. The van der Waals surface area contributed by atoms with E-state index < -0.39 is 41.8 Å². The summed E-state index contributed by atoms with van der Waals surface area (Å²) in [6.45, 7) is 6.06. The molecule has 2 aliphatic rings. The van der Waals surface area contributed by atoms with Crippen molar-refractivity contribution in [2.75, 3.05) is 19.6 Å². The first-order chi connectivity index (χ1) is 20.4. The first-order valence-electron chi connectivity index (χ1n) is 13.7. The molecule has 43 heavy (non-hydrogen) atoms. The van der Waals surface area contributed by atoms with Crippen LogP contribution in [0.1, 0.15) is 66.5 Å². The fraction of sp³-hybridized carbons (Fsp3) is 0.333. The Bertz CT molecular complexity index is 1580. The number of nitrogens with two attached hydrogens (primary N) is 1. The van der Waals surface area contributed by atoms with Gasteiger partial charge in [-0.05, 0) is 56.7 Å². The lowest BCUT2D eigenvalue weighted by Gasteiger charge is -2.35. The number of amides is 4. The number of carbonyl (C=O) groups is 4. The van der Waals surface area contributed by atoms with Crippen molar-refractivity contribution in [1.82, 2.24) is 25.3 Å². The minimum Gasteiger partial charge on any atom is -0.487 e. The number of rotatable bonds is 7. The number of nitrogens with zero attached hydrogens (tertiary/aromatic N) is 4. The molecule has 4 N–H and O–H groups in total. The summed E-state index contributed by atoms with van der Waals surface area (Å²) in [7, 11) is 0. The number of benzene rings is 2. The van der Waals surface area contributed by atoms with Gasteiger partial charge in [-0.2, -0.15) is 5.10 Å². The predicted molar refractivity (Wildman–Crippen MR) is 159 cm³/mol. The van der Waals surface area contributed by atoms with Gasteiger partial charge in [0.2, 0.25) is 11.8 Å². The fourth-order valence-corrected chi connectivity index (χ4v) is 5.24. The number of primary amides is 1. The molecule has 0 bridgehead atoms. The van der Waals surface area contributed by atoms with Crippen LogP contribution in [-0.4, -0.2) is 74.7 Å². The molecule has 224 valence electrons. The Morgan fingerprint density at radius 2 is 1.86 bits per heavy atom. The van der Waals surface area contributed by atoms with Gasteiger partial charge in [-0.15, -0.1) is 0 Å². The van der Waals surface area contributed by atoms with Gasteiger partial charge >= 0.3 is 6.03 Å². The number of carbonyl (C=O) groups excluding carboxylic acids is 4. The second-order valence-corrected chi connectivity index (χ2v) is 11.7. The van der Waals surface area contributed by atoms with E-state index in [1.807, 2.05) is 32.9 Å². The Kier molecular flexibility index (Phi) is 8.23. The molecule has 1 fully saturated rings. The fourth-order valence-electron chi connectivity index (χ4n) is 5.11. The lowest BCUT2D eigenvalue weighted by atomic mass is 9.97. The number of amidine groups is 1. The number of halogens is 1. The molecular formula is C30H32ClN7O5. The van der Waals surface area contributed by atoms with E-state index in [0.29, 0.717) is 29.4 Å². The van der Waals surface area contributed by atoms with E-state index in [1.54, 1.807) is 41.4 Å². The maximum atomic E-state index is 14.4. The van der Waals surface area contributed by atoms with Crippen molar-refractivity contribution in [3.63, 3.8) is 0 Å². The summed E-state index contributed by atoms with van der Waals surface area (Å²) in [5, 5.41) is 10.5. The van der Waals surface area contributed by atoms with Gasteiger partial charge in [-0.1, -0.05) is 29.8 Å². The summed E-state index contributed by atoms with van der Waals surface area (Å²) >= 11 is 6.22.